The third-order valence-corrected chi connectivity index (χ3v) is 2.18. The highest BCUT2D eigenvalue weighted by Gasteiger charge is 2.22. The summed E-state index contributed by atoms with van der Waals surface area (Å²) in [7, 11) is 0. The molecule has 1 heterocycles. The molecule has 0 aliphatic carbocycles. The van der Waals surface area contributed by atoms with Gasteiger partial charge in [-0.25, -0.2) is 0 Å². The van der Waals surface area contributed by atoms with Crippen LogP contribution in [0.3, 0.4) is 0 Å². The molecule has 1 aromatic heterocycles. The second-order valence-corrected chi connectivity index (χ2v) is 4.95. The van der Waals surface area contributed by atoms with Gasteiger partial charge in [0.25, 0.3) is 0 Å². The van der Waals surface area contributed by atoms with Gasteiger partial charge in [-0.2, -0.15) is 5.10 Å². The van der Waals surface area contributed by atoms with Crippen LogP contribution in [0.2, 0.25) is 0 Å². The van der Waals surface area contributed by atoms with Gasteiger partial charge in [-0.05, 0) is 26.1 Å². The summed E-state index contributed by atoms with van der Waals surface area (Å²) < 4.78 is 2.77. The lowest BCUT2D eigenvalue weighted by molar-refractivity contribution is 0.466. The lowest BCUT2D eigenvalue weighted by Crippen LogP contribution is -2.20. The fourth-order valence-corrected chi connectivity index (χ4v) is 1.66. The van der Waals surface area contributed by atoms with Crippen molar-refractivity contribution in [3.8, 4) is 0 Å². The molecule has 1 N–H and O–H groups in total. The van der Waals surface area contributed by atoms with E-state index in [-0.39, 0.29) is 5.41 Å². The molecule has 0 aliphatic rings. The lowest BCUT2D eigenvalue weighted by atomic mass is 9.95. The van der Waals surface area contributed by atoms with E-state index >= 15 is 0 Å². The van der Waals surface area contributed by atoms with Gasteiger partial charge in [0.2, 0.25) is 0 Å². The zero-order valence-corrected chi connectivity index (χ0v) is 9.70. The lowest BCUT2D eigenvalue weighted by Gasteiger charge is -2.20. The van der Waals surface area contributed by atoms with Crippen LogP contribution in [0.1, 0.15) is 46.5 Å². The van der Waals surface area contributed by atoms with Crippen molar-refractivity contribution in [2.24, 2.45) is 0 Å². The van der Waals surface area contributed by atoms with Crippen molar-refractivity contribution >= 4 is 12.2 Å². The van der Waals surface area contributed by atoms with E-state index in [9.17, 15) is 0 Å². The van der Waals surface area contributed by atoms with Crippen molar-refractivity contribution in [1.29, 1.82) is 0 Å². The zero-order chi connectivity index (χ0) is 10.2. The average molecular weight is 199 g/mol. The van der Waals surface area contributed by atoms with E-state index < -0.39 is 0 Å². The van der Waals surface area contributed by atoms with Crippen molar-refractivity contribution in [1.82, 2.24) is 14.8 Å². The summed E-state index contributed by atoms with van der Waals surface area (Å²) in [5.74, 6) is 1.02. The first-order valence-electron chi connectivity index (χ1n) is 4.51. The van der Waals surface area contributed by atoms with Crippen LogP contribution in [-0.2, 0) is 5.41 Å². The molecule has 0 spiro atoms. The number of aromatic nitrogens is 3. The highest BCUT2D eigenvalue weighted by molar-refractivity contribution is 7.71. The molecule has 0 unspecified atom stereocenters. The van der Waals surface area contributed by atoms with E-state index in [1.807, 2.05) is 0 Å². The molecule has 13 heavy (non-hydrogen) atoms. The minimum atomic E-state index is 0.0395. The number of nitrogens with one attached hydrogen (secondary N) is 1. The maximum Gasteiger partial charge on any atom is 0.195 e. The van der Waals surface area contributed by atoms with E-state index in [0.29, 0.717) is 10.8 Å². The van der Waals surface area contributed by atoms with Gasteiger partial charge < -0.3 is 4.57 Å². The molecule has 0 atom stereocenters. The Morgan fingerprint density at radius 3 is 2.23 bits per heavy atom. The van der Waals surface area contributed by atoms with Gasteiger partial charge in [0, 0.05) is 11.5 Å². The molecule has 4 heteroatoms. The fourth-order valence-electron chi connectivity index (χ4n) is 1.31. The number of hydrogen-bond acceptors (Lipinski definition) is 2. The Morgan fingerprint density at radius 2 is 1.92 bits per heavy atom. The molecular weight excluding hydrogens is 182 g/mol. The molecule has 1 rings (SSSR count). The molecule has 74 valence electrons. The molecule has 0 amide bonds. The van der Waals surface area contributed by atoms with Gasteiger partial charge in [-0.3, -0.25) is 5.10 Å². The monoisotopic (exact) mass is 199 g/mol. The Kier molecular flexibility index (Phi) is 2.61. The Morgan fingerprint density at radius 1 is 1.38 bits per heavy atom. The van der Waals surface area contributed by atoms with Crippen LogP contribution in [0, 0.1) is 4.77 Å². The number of aromatic amines is 1. The molecule has 0 fully saturated rings. The van der Waals surface area contributed by atoms with Crippen molar-refractivity contribution < 1.29 is 0 Å². The van der Waals surface area contributed by atoms with Crippen molar-refractivity contribution in [2.75, 3.05) is 0 Å². The summed E-state index contributed by atoms with van der Waals surface area (Å²) in [4.78, 5) is 0. The molecule has 0 saturated carbocycles. The molecule has 3 nitrogen and oxygen atoms in total. The second-order valence-electron chi connectivity index (χ2n) is 4.57. The summed E-state index contributed by atoms with van der Waals surface area (Å²) in [5, 5.41) is 7.09. The van der Waals surface area contributed by atoms with Crippen molar-refractivity contribution in [3.63, 3.8) is 0 Å². The van der Waals surface area contributed by atoms with Crippen LogP contribution >= 0.6 is 12.2 Å². The van der Waals surface area contributed by atoms with Crippen LogP contribution < -0.4 is 0 Å². The molecule has 1 aromatic rings. The SMILES string of the molecule is CC(C)n1c(C(C)(C)C)n[nH]c1=S. The third-order valence-electron chi connectivity index (χ3n) is 1.89. The molecule has 0 saturated heterocycles. The Bertz CT molecular complexity index is 340. The minimum absolute atomic E-state index is 0.0395. The number of H-pyrrole nitrogens is 1. The topological polar surface area (TPSA) is 33.6 Å². The predicted molar refractivity (Wildman–Crippen MR) is 56.5 cm³/mol. The molecule has 0 radical (unpaired) electrons. The molecular formula is C9H17N3S. The number of rotatable bonds is 1. The van der Waals surface area contributed by atoms with Gasteiger partial charge >= 0.3 is 0 Å². The van der Waals surface area contributed by atoms with Gasteiger partial charge in [0.1, 0.15) is 5.82 Å². The number of nitrogens with zero attached hydrogens (tertiary/aromatic N) is 2. The Labute approximate surface area is 84.2 Å². The van der Waals surface area contributed by atoms with Crippen LogP contribution in [0.25, 0.3) is 0 Å². The maximum absolute atomic E-state index is 5.16. The predicted octanol–water partition coefficient (Wildman–Crippen LogP) is 2.82. The molecule has 0 bridgehead atoms. The second kappa shape index (κ2) is 3.25. The first kappa shape index (κ1) is 10.4. The quantitative estimate of drug-likeness (QED) is 0.706. The van der Waals surface area contributed by atoms with Crippen LogP contribution in [0.5, 0.6) is 0 Å². The summed E-state index contributed by atoms with van der Waals surface area (Å²) in [6.45, 7) is 10.6. The standard InChI is InChI=1S/C9H17N3S/c1-6(2)12-7(9(3,4)5)10-11-8(12)13/h6H,1-5H3,(H,11,13). The molecule has 0 aromatic carbocycles. The number of hydrogen-bond donors (Lipinski definition) is 1. The van der Waals surface area contributed by atoms with Gasteiger partial charge in [0.15, 0.2) is 4.77 Å². The summed E-state index contributed by atoms with van der Waals surface area (Å²) in [6.07, 6.45) is 0. The van der Waals surface area contributed by atoms with Crippen LogP contribution in [0.4, 0.5) is 0 Å². The van der Waals surface area contributed by atoms with E-state index in [2.05, 4.69) is 49.4 Å². The summed E-state index contributed by atoms with van der Waals surface area (Å²) in [6, 6.07) is 0.362. The first-order chi connectivity index (χ1) is 5.84. The highest BCUT2D eigenvalue weighted by Crippen LogP contribution is 2.22. The Balaban J connectivity index is 3.32. The van der Waals surface area contributed by atoms with Crippen LogP contribution in [0.15, 0.2) is 0 Å². The van der Waals surface area contributed by atoms with Gasteiger partial charge in [-0.15, -0.1) is 0 Å². The van der Waals surface area contributed by atoms with Gasteiger partial charge in [-0.1, -0.05) is 20.8 Å². The zero-order valence-electron chi connectivity index (χ0n) is 8.88. The highest BCUT2D eigenvalue weighted by atomic mass is 32.1. The summed E-state index contributed by atoms with van der Waals surface area (Å²) in [5.41, 5.74) is 0.0395. The van der Waals surface area contributed by atoms with E-state index in [1.54, 1.807) is 0 Å². The summed E-state index contributed by atoms with van der Waals surface area (Å²) >= 11 is 5.16. The first-order valence-corrected chi connectivity index (χ1v) is 4.92. The third kappa shape index (κ3) is 1.99. The van der Waals surface area contributed by atoms with Gasteiger partial charge in [0.05, 0.1) is 0 Å². The molecule has 0 aliphatic heterocycles. The van der Waals surface area contributed by atoms with E-state index in [1.165, 1.54) is 0 Å². The van der Waals surface area contributed by atoms with E-state index in [4.69, 9.17) is 12.2 Å². The maximum atomic E-state index is 5.16. The van der Waals surface area contributed by atoms with Crippen LogP contribution in [-0.4, -0.2) is 14.8 Å². The smallest absolute Gasteiger partial charge is 0.195 e. The van der Waals surface area contributed by atoms with E-state index in [0.717, 1.165) is 5.82 Å². The normalized spacial score (nSPS) is 12.5. The fraction of sp³-hybridized carbons (Fsp3) is 0.778. The Hall–Kier alpha value is -0.640. The van der Waals surface area contributed by atoms with Crippen molar-refractivity contribution in [2.45, 2.75) is 46.1 Å². The largest absolute Gasteiger partial charge is 0.301 e. The minimum Gasteiger partial charge on any atom is -0.301 e. The van der Waals surface area contributed by atoms with Crippen molar-refractivity contribution in [3.05, 3.63) is 10.6 Å². The average Bonchev–Trinajstić information content (AvgIpc) is 2.28.